The number of hydrogen-bond acceptors (Lipinski definition) is 3. The molecule has 0 aromatic carbocycles. The lowest BCUT2D eigenvalue weighted by Gasteiger charge is -2.22. The second-order valence-corrected chi connectivity index (χ2v) is 4.32. The van der Waals surface area contributed by atoms with E-state index >= 15 is 0 Å². The first-order valence-corrected chi connectivity index (χ1v) is 5.62. The number of hydrogen-bond donors (Lipinski definition) is 1. The Bertz CT molecular complexity index is 517. The van der Waals surface area contributed by atoms with Gasteiger partial charge in [-0.05, 0) is 6.07 Å². The van der Waals surface area contributed by atoms with Gasteiger partial charge < -0.3 is 14.3 Å². The lowest BCUT2D eigenvalue weighted by Crippen LogP contribution is -2.31. The van der Waals surface area contributed by atoms with Gasteiger partial charge in [-0.25, -0.2) is 4.98 Å². The molecule has 3 heterocycles. The van der Waals surface area contributed by atoms with Crippen LogP contribution in [-0.4, -0.2) is 16.1 Å². The average molecular weight is 238 g/mol. The van der Waals surface area contributed by atoms with E-state index in [9.17, 15) is 0 Å². The van der Waals surface area contributed by atoms with Crippen LogP contribution in [-0.2, 0) is 13.5 Å². The van der Waals surface area contributed by atoms with Crippen molar-refractivity contribution in [2.24, 2.45) is 7.05 Å². The van der Waals surface area contributed by atoms with Gasteiger partial charge in [0.1, 0.15) is 16.7 Å². The molecule has 0 spiro atoms. The summed E-state index contributed by atoms with van der Waals surface area (Å²) in [6.07, 6.45) is 4.33. The zero-order valence-electron chi connectivity index (χ0n) is 8.90. The summed E-state index contributed by atoms with van der Waals surface area (Å²) in [7, 11) is 1.92. The monoisotopic (exact) mass is 237 g/mol. The number of furan rings is 1. The fraction of sp³-hybridized carbons (Fsp3) is 0.364. The number of nitrogens with zero attached hydrogens (tertiary/aromatic N) is 2. The molecule has 4 nitrogen and oxygen atoms in total. The highest BCUT2D eigenvalue weighted by Gasteiger charge is 2.26. The van der Waals surface area contributed by atoms with Crippen molar-refractivity contribution in [1.82, 2.24) is 14.9 Å². The van der Waals surface area contributed by atoms with Gasteiger partial charge in [-0.3, -0.25) is 0 Å². The van der Waals surface area contributed by atoms with Gasteiger partial charge in [-0.15, -0.1) is 0 Å². The zero-order chi connectivity index (χ0) is 11.1. The molecule has 16 heavy (non-hydrogen) atoms. The molecule has 2 aromatic heterocycles. The lowest BCUT2D eigenvalue weighted by molar-refractivity contribution is 0.445. The summed E-state index contributed by atoms with van der Waals surface area (Å²) < 4.78 is 7.33. The summed E-state index contributed by atoms with van der Waals surface area (Å²) >= 11 is 6.00. The molecular weight excluding hydrogens is 226 g/mol. The van der Waals surface area contributed by atoms with E-state index in [0.717, 1.165) is 30.1 Å². The summed E-state index contributed by atoms with van der Waals surface area (Å²) in [6, 6.07) is 2.08. The van der Waals surface area contributed by atoms with E-state index in [-0.39, 0.29) is 6.04 Å². The molecule has 0 saturated heterocycles. The summed E-state index contributed by atoms with van der Waals surface area (Å²) in [5.41, 5.74) is 1.16. The van der Waals surface area contributed by atoms with Crippen LogP contribution >= 0.6 is 11.6 Å². The molecule has 1 aliphatic rings. The Morgan fingerprint density at radius 3 is 3.25 bits per heavy atom. The van der Waals surface area contributed by atoms with Crippen LogP contribution < -0.4 is 5.32 Å². The molecule has 2 aromatic rings. The van der Waals surface area contributed by atoms with E-state index in [1.54, 1.807) is 12.5 Å². The number of rotatable bonds is 1. The normalized spacial score (nSPS) is 19.8. The minimum atomic E-state index is 0.0833. The molecule has 0 saturated carbocycles. The first kappa shape index (κ1) is 9.93. The van der Waals surface area contributed by atoms with E-state index in [1.807, 2.05) is 17.7 Å². The molecule has 0 aliphatic carbocycles. The third-order valence-corrected chi connectivity index (χ3v) is 3.37. The molecule has 1 unspecified atom stereocenters. The molecule has 1 N–H and O–H groups in total. The molecule has 5 heteroatoms. The van der Waals surface area contributed by atoms with Crippen LogP contribution in [0.4, 0.5) is 0 Å². The van der Waals surface area contributed by atoms with Crippen molar-refractivity contribution in [3.8, 4) is 0 Å². The smallest absolute Gasteiger partial charge is 0.131 e. The number of nitrogens with one attached hydrogen (secondary N) is 1. The van der Waals surface area contributed by atoms with Gasteiger partial charge in [0.15, 0.2) is 0 Å². The standard InChI is InChI=1S/C11H12ClN3O/c1-15-9(12)6-14-11(15)10-7-3-5-16-8(7)2-4-13-10/h3,5-6,10,13H,2,4H2,1H3. The minimum absolute atomic E-state index is 0.0833. The SMILES string of the molecule is Cn1c(Cl)cnc1C1NCCc2occc21. The summed E-state index contributed by atoms with van der Waals surface area (Å²) in [5.74, 6) is 1.97. The van der Waals surface area contributed by atoms with Crippen LogP contribution in [0.1, 0.15) is 23.2 Å². The van der Waals surface area contributed by atoms with Gasteiger partial charge in [-0.2, -0.15) is 0 Å². The van der Waals surface area contributed by atoms with Crippen LogP contribution in [0.2, 0.25) is 5.15 Å². The Morgan fingerprint density at radius 1 is 1.62 bits per heavy atom. The van der Waals surface area contributed by atoms with Gasteiger partial charge in [0, 0.05) is 25.6 Å². The lowest BCUT2D eigenvalue weighted by atomic mass is 10.0. The maximum absolute atomic E-state index is 6.00. The second-order valence-electron chi connectivity index (χ2n) is 3.93. The highest BCUT2D eigenvalue weighted by atomic mass is 35.5. The predicted octanol–water partition coefficient (Wildman–Crippen LogP) is 1.90. The zero-order valence-corrected chi connectivity index (χ0v) is 9.66. The van der Waals surface area contributed by atoms with Crippen molar-refractivity contribution in [2.75, 3.05) is 6.54 Å². The van der Waals surface area contributed by atoms with E-state index in [1.165, 1.54) is 0 Å². The van der Waals surface area contributed by atoms with Gasteiger partial charge in [-0.1, -0.05) is 11.6 Å². The molecular formula is C11H12ClN3O. The Morgan fingerprint density at radius 2 is 2.50 bits per heavy atom. The summed E-state index contributed by atoms with van der Waals surface area (Å²) in [4.78, 5) is 4.34. The Balaban J connectivity index is 2.07. The Labute approximate surface area is 98.2 Å². The molecule has 0 fully saturated rings. The van der Waals surface area contributed by atoms with Crippen LogP contribution in [0.25, 0.3) is 0 Å². The summed E-state index contributed by atoms with van der Waals surface area (Å²) in [6.45, 7) is 0.898. The number of aromatic nitrogens is 2. The first-order chi connectivity index (χ1) is 7.77. The topological polar surface area (TPSA) is 43.0 Å². The average Bonchev–Trinajstić information content (AvgIpc) is 2.87. The molecule has 0 amide bonds. The first-order valence-electron chi connectivity index (χ1n) is 5.24. The van der Waals surface area contributed by atoms with Crippen LogP contribution in [0.15, 0.2) is 22.9 Å². The number of imidazole rings is 1. The van der Waals surface area contributed by atoms with Crippen molar-refractivity contribution < 1.29 is 4.42 Å². The van der Waals surface area contributed by atoms with Crippen molar-refractivity contribution in [3.63, 3.8) is 0 Å². The molecule has 3 rings (SSSR count). The molecule has 0 radical (unpaired) electrons. The second kappa shape index (κ2) is 3.64. The molecule has 1 aliphatic heterocycles. The molecule has 1 atom stereocenters. The largest absolute Gasteiger partial charge is 0.469 e. The van der Waals surface area contributed by atoms with Crippen molar-refractivity contribution in [2.45, 2.75) is 12.5 Å². The quantitative estimate of drug-likeness (QED) is 0.824. The van der Waals surface area contributed by atoms with E-state index in [0.29, 0.717) is 5.15 Å². The maximum Gasteiger partial charge on any atom is 0.131 e. The fourth-order valence-corrected chi connectivity index (χ4v) is 2.29. The third kappa shape index (κ3) is 1.37. The van der Waals surface area contributed by atoms with Crippen molar-refractivity contribution in [3.05, 3.63) is 40.8 Å². The fourth-order valence-electron chi connectivity index (χ4n) is 2.15. The Kier molecular flexibility index (Phi) is 2.26. The summed E-state index contributed by atoms with van der Waals surface area (Å²) in [5, 5.41) is 4.08. The van der Waals surface area contributed by atoms with Gasteiger partial charge in [0.25, 0.3) is 0 Å². The van der Waals surface area contributed by atoms with Crippen molar-refractivity contribution in [1.29, 1.82) is 0 Å². The minimum Gasteiger partial charge on any atom is -0.469 e. The third-order valence-electron chi connectivity index (χ3n) is 3.02. The van der Waals surface area contributed by atoms with Crippen LogP contribution in [0, 0.1) is 0 Å². The highest BCUT2D eigenvalue weighted by molar-refractivity contribution is 6.29. The molecule has 84 valence electrons. The van der Waals surface area contributed by atoms with Gasteiger partial charge in [0.05, 0.1) is 18.5 Å². The number of fused-ring (bicyclic) bond motifs is 1. The highest BCUT2D eigenvalue weighted by Crippen LogP contribution is 2.29. The van der Waals surface area contributed by atoms with E-state index < -0.39 is 0 Å². The Hall–Kier alpha value is -1.26. The number of halogens is 1. The van der Waals surface area contributed by atoms with Crippen LogP contribution in [0.3, 0.4) is 0 Å². The molecule has 0 bridgehead atoms. The van der Waals surface area contributed by atoms with Crippen molar-refractivity contribution >= 4 is 11.6 Å². The van der Waals surface area contributed by atoms with Gasteiger partial charge >= 0.3 is 0 Å². The van der Waals surface area contributed by atoms with E-state index in [2.05, 4.69) is 10.3 Å². The van der Waals surface area contributed by atoms with E-state index in [4.69, 9.17) is 16.0 Å². The predicted molar refractivity (Wildman–Crippen MR) is 60.5 cm³/mol. The van der Waals surface area contributed by atoms with Crippen LogP contribution in [0.5, 0.6) is 0 Å². The maximum atomic E-state index is 6.00. The van der Waals surface area contributed by atoms with Gasteiger partial charge in [0.2, 0.25) is 0 Å².